The molecular weight excluding hydrogens is 522 g/mol. The highest BCUT2D eigenvalue weighted by Crippen LogP contribution is 2.35. The highest BCUT2D eigenvalue weighted by Gasteiger charge is 2.43. The van der Waals surface area contributed by atoms with Gasteiger partial charge in [0.05, 0.1) is 7.11 Å². The minimum absolute atomic E-state index is 0.0364. The third-order valence-electron chi connectivity index (χ3n) is 8.99. The molecule has 0 spiro atoms. The summed E-state index contributed by atoms with van der Waals surface area (Å²) < 4.78 is 10.6. The molecule has 3 amide bonds. The normalized spacial score (nSPS) is 24.5. The first-order chi connectivity index (χ1) is 19.9. The van der Waals surface area contributed by atoms with Crippen molar-refractivity contribution in [2.24, 2.45) is 23.5 Å². The van der Waals surface area contributed by atoms with Gasteiger partial charge in [-0.05, 0) is 94.4 Å². The predicted octanol–water partition coefficient (Wildman–Crippen LogP) is 3.28. The van der Waals surface area contributed by atoms with Crippen LogP contribution in [-0.2, 0) is 16.1 Å². The number of piperidine rings is 1. The topological polar surface area (TPSA) is 131 Å². The lowest BCUT2D eigenvalue weighted by atomic mass is 9.82. The number of nitrogens with zero attached hydrogens (tertiary/aromatic N) is 3. The Balaban J connectivity index is 1.33. The average Bonchev–Trinajstić information content (AvgIpc) is 3.77. The lowest BCUT2D eigenvalue weighted by Crippen LogP contribution is -2.58. The van der Waals surface area contributed by atoms with Gasteiger partial charge in [0.25, 0.3) is 5.91 Å². The fourth-order valence-electron chi connectivity index (χ4n) is 6.29. The van der Waals surface area contributed by atoms with Crippen molar-refractivity contribution >= 4 is 17.7 Å². The van der Waals surface area contributed by atoms with Crippen LogP contribution in [0.1, 0.15) is 73.2 Å². The Morgan fingerprint density at radius 2 is 1.85 bits per heavy atom. The summed E-state index contributed by atoms with van der Waals surface area (Å²) in [5, 5.41) is 7.08. The van der Waals surface area contributed by atoms with Gasteiger partial charge in [-0.25, -0.2) is 0 Å². The first-order valence-electron chi connectivity index (χ1n) is 15.0. The number of ether oxygens (including phenoxy) is 1. The summed E-state index contributed by atoms with van der Waals surface area (Å²) in [6.45, 7) is 3.82. The molecule has 0 radical (unpaired) electrons. The molecule has 10 nitrogen and oxygen atoms in total. The van der Waals surface area contributed by atoms with Crippen LogP contribution >= 0.6 is 0 Å². The van der Waals surface area contributed by atoms with Crippen molar-refractivity contribution < 1.29 is 23.6 Å². The zero-order valence-electron chi connectivity index (χ0n) is 24.2. The van der Waals surface area contributed by atoms with Crippen LogP contribution in [0.2, 0.25) is 0 Å². The number of rotatable bonds is 10. The van der Waals surface area contributed by atoms with Gasteiger partial charge < -0.3 is 30.1 Å². The highest BCUT2D eigenvalue weighted by atomic mass is 16.5. The van der Waals surface area contributed by atoms with Gasteiger partial charge in [0.1, 0.15) is 17.6 Å². The molecule has 2 saturated carbocycles. The van der Waals surface area contributed by atoms with Gasteiger partial charge in [0.15, 0.2) is 5.69 Å². The zero-order valence-corrected chi connectivity index (χ0v) is 24.2. The van der Waals surface area contributed by atoms with Crippen molar-refractivity contribution in [1.29, 1.82) is 0 Å². The van der Waals surface area contributed by atoms with Gasteiger partial charge in [-0.15, -0.1) is 0 Å². The van der Waals surface area contributed by atoms with Gasteiger partial charge >= 0.3 is 0 Å². The number of likely N-dealkylation sites (tertiary alicyclic amines) is 1. The molecule has 2 heterocycles. The Labute approximate surface area is 241 Å². The fourth-order valence-corrected chi connectivity index (χ4v) is 6.29. The van der Waals surface area contributed by atoms with E-state index in [1.165, 1.54) is 0 Å². The van der Waals surface area contributed by atoms with Gasteiger partial charge in [-0.2, -0.15) is 0 Å². The summed E-state index contributed by atoms with van der Waals surface area (Å²) in [7, 11) is 1.63. The second-order valence-electron chi connectivity index (χ2n) is 12.0. The molecule has 1 aromatic carbocycles. The van der Waals surface area contributed by atoms with Crippen LogP contribution in [0.3, 0.4) is 0 Å². The third kappa shape index (κ3) is 7.09. The molecule has 5 rings (SSSR count). The van der Waals surface area contributed by atoms with Gasteiger partial charge in [-0.3, -0.25) is 14.4 Å². The standard InChI is InChI=1S/C31H43N5O5/c1-20-14-27(34-41-20)31(39)35-13-12-25(16-28(35)29(37)33-18-22-8-6-21(17-32)7-9-22)36(30(38)24-10-11-24)19-23-4-3-5-26(15-23)40-2/h3-5,14-15,21-22,24-25,28H,6-13,16-19,32H2,1-2H3,(H,33,37)/t21?,22?,25?,28-/m1/s1. The van der Waals surface area contributed by atoms with E-state index in [0.29, 0.717) is 56.6 Å². The maximum absolute atomic E-state index is 13.7. The second kappa shape index (κ2) is 13.1. The van der Waals surface area contributed by atoms with E-state index in [-0.39, 0.29) is 35.4 Å². The summed E-state index contributed by atoms with van der Waals surface area (Å²) in [6, 6.07) is 8.46. The van der Waals surface area contributed by atoms with Crippen LogP contribution in [0.15, 0.2) is 34.9 Å². The Morgan fingerprint density at radius 1 is 1.10 bits per heavy atom. The maximum atomic E-state index is 13.7. The molecule has 1 saturated heterocycles. The second-order valence-corrected chi connectivity index (χ2v) is 12.0. The van der Waals surface area contributed by atoms with E-state index in [1.54, 1.807) is 25.0 Å². The molecule has 0 bridgehead atoms. The monoisotopic (exact) mass is 565 g/mol. The quantitative estimate of drug-likeness (QED) is 0.452. The largest absolute Gasteiger partial charge is 0.497 e. The first-order valence-corrected chi connectivity index (χ1v) is 15.0. The number of aromatic nitrogens is 1. The van der Waals surface area contributed by atoms with E-state index >= 15 is 0 Å². The van der Waals surface area contributed by atoms with Crippen molar-refractivity contribution in [1.82, 2.24) is 20.3 Å². The van der Waals surface area contributed by atoms with Gasteiger partial charge in [-0.1, -0.05) is 17.3 Å². The molecule has 1 unspecified atom stereocenters. The van der Waals surface area contributed by atoms with Crippen LogP contribution in [0.4, 0.5) is 0 Å². The number of carbonyl (C=O) groups is 3. The molecule has 2 aromatic rings. The fraction of sp³-hybridized carbons (Fsp3) is 0.613. The Morgan fingerprint density at radius 3 is 2.51 bits per heavy atom. The van der Waals surface area contributed by atoms with E-state index in [0.717, 1.165) is 49.8 Å². The number of methoxy groups -OCH3 is 1. The molecule has 1 aliphatic heterocycles. The number of nitrogens with one attached hydrogen (secondary N) is 1. The summed E-state index contributed by atoms with van der Waals surface area (Å²) >= 11 is 0. The van der Waals surface area contributed by atoms with Crippen LogP contribution in [0, 0.1) is 24.7 Å². The molecule has 222 valence electrons. The molecule has 2 atom stereocenters. The molecule has 1 aromatic heterocycles. The lowest BCUT2D eigenvalue weighted by Gasteiger charge is -2.43. The van der Waals surface area contributed by atoms with Crippen LogP contribution in [0.5, 0.6) is 5.75 Å². The smallest absolute Gasteiger partial charge is 0.276 e. The number of hydrogen-bond donors (Lipinski definition) is 2. The molecule has 2 aliphatic carbocycles. The highest BCUT2D eigenvalue weighted by molar-refractivity contribution is 5.96. The number of benzene rings is 1. The summed E-state index contributed by atoms with van der Waals surface area (Å²) in [6.07, 6.45) is 7.00. The van der Waals surface area contributed by atoms with Crippen LogP contribution in [0.25, 0.3) is 0 Å². The lowest BCUT2D eigenvalue weighted by molar-refractivity contribution is -0.139. The van der Waals surface area contributed by atoms with Crippen molar-refractivity contribution in [2.75, 3.05) is 26.7 Å². The predicted molar refractivity (Wildman–Crippen MR) is 153 cm³/mol. The van der Waals surface area contributed by atoms with Crippen molar-refractivity contribution in [2.45, 2.75) is 76.9 Å². The van der Waals surface area contributed by atoms with Gasteiger partial charge in [0.2, 0.25) is 11.8 Å². The van der Waals surface area contributed by atoms with Gasteiger partial charge in [0, 0.05) is 37.7 Å². The summed E-state index contributed by atoms with van der Waals surface area (Å²) in [5.74, 6) is 1.92. The molecule has 3 aliphatic rings. The van der Waals surface area contributed by atoms with Crippen LogP contribution in [-0.4, -0.2) is 71.5 Å². The number of amides is 3. The summed E-state index contributed by atoms with van der Waals surface area (Å²) in [5.41, 5.74) is 7.02. The van der Waals surface area contributed by atoms with Crippen molar-refractivity contribution in [3.8, 4) is 5.75 Å². The van der Waals surface area contributed by atoms with Crippen molar-refractivity contribution in [3.05, 3.63) is 47.3 Å². The Hall–Kier alpha value is -3.40. The average molecular weight is 566 g/mol. The number of aryl methyl sites for hydroxylation is 1. The van der Waals surface area contributed by atoms with E-state index in [1.807, 2.05) is 29.2 Å². The number of hydrogen-bond acceptors (Lipinski definition) is 7. The minimum Gasteiger partial charge on any atom is -0.497 e. The maximum Gasteiger partial charge on any atom is 0.276 e. The van der Waals surface area contributed by atoms with Crippen molar-refractivity contribution in [3.63, 3.8) is 0 Å². The van der Waals surface area contributed by atoms with E-state index < -0.39 is 6.04 Å². The molecule has 3 fully saturated rings. The summed E-state index contributed by atoms with van der Waals surface area (Å²) in [4.78, 5) is 44.4. The third-order valence-corrected chi connectivity index (χ3v) is 8.99. The van der Waals surface area contributed by atoms with Crippen LogP contribution < -0.4 is 15.8 Å². The number of carbonyl (C=O) groups excluding carboxylic acids is 3. The number of nitrogens with two attached hydrogens (primary N) is 1. The first kappa shape index (κ1) is 29.1. The van der Waals surface area contributed by atoms with E-state index in [9.17, 15) is 14.4 Å². The van der Waals surface area contributed by atoms with E-state index in [2.05, 4.69) is 10.5 Å². The minimum atomic E-state index is -0.710. The zero-order chi connectivity index (χ0) is 28.9. The Kier molecular flexibility index (Phi) is 9.27. The molecule has 10 heteroatoms. The molecule has 41 heavy (non-hydrogen) atoms. The molecule has 3 N–H and O–H groups in total. The molecular formula is C31H43N5O5. The Bertz CT molecular complexity index is 1220. The van der Waals surface area contributed by atoms with E-state index in [4.69, 9.17) is 15.0 Å². The SMILES string of the molecule is COc1cccc(CN(C(=O)C2CC2)C2CCN(C(=O)c3cc(C)on3)[C@@H](C(=O)NCC3CCC(CN)CC3)C2)c1.